The number of methoxy groups -OCH3 is 1. The Kier molecular flexibility index (Phi) is 5.40. The van der Waals surface area contributed by atoms with Crippen LogP contribution < -0.4 is 10.1 Å². The van der Waals surface area contributed by atoms with Crippen molar-refractivity contribution in [3.05, 3.63) is 65.7 Å². The summed E-state index contributed by atoms with van der Waals surface area (Å²) in [5.74, 6) is 0.183. The molecular formula is C19H23NO3. The Morgan fingerprint density at radius 2 is 1.91 bits per heavy atom. The van der Waals surface area contributed by atoms with Crippen LogP contribution in [0.2, 0.25) is 0 Å². The van der Waals surface area contributed by atoms with Gasteiger partial charge in [0.15, 0.2) is 6.10 Å². The first-order valence-electron chi connectivity index (χ1n) is 7.69. The number of hydrogen-bond donors (Lipinski definition) is 2. The SMILES string of the molecule is CCC(C)(NC(=O)C(O)c1cccc(OC)c1)c1ccccc1. The average Bonchev–Trinajstić information content (AvgIpc) is 2.61. The van der Waals surface area contributed by atoms with E-state index >= 15 is 0 Å². The van der Waals surface area contributed by atoms with Gasteiger partial charge in [-0.3, -0.25) is 4.79 Å². The molecule has 0 aliphatic carbocycles. The molecule has 2 aromatic rings. The van der Waals surface area contributed by atoms with Gasteiger partial charge in [-0.1, -0.05) is 49.4 Å². The third kappa shape index (κ3) is 3.90. The van der Waals surface area contributed by atoms with Crippen LogP contribution in [0.3, 0.4) is 0 Å². The van der Waals surface area contributed by atoms with Crippen LogP contribution in [0.15, 0.2) is 54.6 Å². The van der Waals surface area contributed by atoms with Gasteiger partial charge in [0, 0.05) is 0 Å². The largest absolute Gasteiger partial charge is 0.497 e. The van der Waals surface area contributed by atoms with Crippen LogP contribution in [-0.4, -0.2) is 18.1 Å². The fourth-order valence-electron chi connectivity index (χ4n) is 2.47. The summed E-state index contributed by atoms with van der Waals surface area (Å²) in [6, 6.07) is 16.7. The Hall–Kier alpha value is -2.33. The summed E-state index contributed by atoms with van der Waals surface area (Å²) in [5.41, 5.74) is 0.986. The highest BCUT2D eigenvalue weighted by atomic mass is 16.5. The van der Waals surface area contributed by atoms with Crippen LogP contribution >= 0.6 is 0 Å². The van der Waals surface area contributed by atoms with E-state index < -0.39 is 17.6 Å². The number of benzene rings is 2. The molecule has 4 heteroatoms. The molecule has 2 N–H and O–H groups in total. The molecule has 0 heterocycles. The lowest BCUT2D eigenvalue weighted by molar-refractivity contribution is -0.131. The van der Waals surface area contributed by atoms with Gasteiger partial charge in [-0.05, 0) is 36.6 Å². The van der Waals surface area contributed by atoms with Gasteiger partial charge >= 0.3 is 0 Å². The maximum absolute atomic E-state index is 12.5. The Morgan fingerprint density at radius 3 is 2.52 bits per heavy atom. The summed E-state index contributed by atoms with van der Waals surface area (Å²) < 4.78 is 5.13. The van der Waals surface area contributed by atoms with Crippen LogP contribution in [0.25, 0.3) is 0 Å². The fraction of sp³-hybridized carbons (Fsp3) is 0.316. The van der Waals surface area contributed by atoms with Gasteiger partial charge in [0.2, 0.25) is 0 Å². The van der Waals surface area contributed by atoms with Crippen molar-refractivity contribution in [1.29, 1.82) is 0 Å². The number of ether oxygens (including phenoxy) is 1. The summed E-state index contributed by atoms with van der Waals surface area (Å²) in [6.45, 7) is 3.96. The first-order valence-corrected chi connectivity index (χ1v) is 7.69. The van der Waals surface area contributed by atoms with E-state index in [4.69, 9.17) is 4.74 Å². The molecule has 0 aliphatic rings. The van der Waals surface area contributed by atoms with E-state index in [1.807, 2.05) is 44.2 Å². The predicted molar refractivity (Wildman–Crippen MR) is 90.2 cm³/mol. The molecule has 4 nitrogen and oxygen atoms in total. The van der Waals surface area contributed by atoms with Crippen molar-refractivity contribution in [3.8, 4) is 5.75 Å². The first-order chi connectivity index (χ1) is 11.0. The molecule has 2 aromatic carbocycles. The molecule has 0 saturated heterocycles. The van der Waals surface area contributed by atoms with Crippen molar-refractivity contribution in [2.45, 2.75) is 31.9 Å². The van der Waals surface area contributed by atoms with Crippen molar-refractivity contribution in [1.82, 2.24) is 5.32 Å². The first kappa shape index (κ1) is 17.0. The molecule has 0 aliphatic heterocycles. The van der Waals surface area contributed by atoms with Gasteiger partial charge in [0.25, 0.3) is 5.91 Å². The molecule has 0 fully saturated rings. The normalized spacial score (nSPS) is 14.6. The molecule has 23 heavy (non-hydrogen) atoms. The number of amides is 1. The number of carbonyl (C=O) groups is 1. The van der Waals surface area contributed by atoms with Crippen molar-refractivity contribution in [2.75, 3.05) is 7.11 Å². The van der Waals surface area contributed by atoms with Gasteiger partial charge < -0.3 is 15.2 Å². The van der Waals surface area contributed by atoms with Crippen LogP contribution in [0.4, 0.5) is 0 Å². The van der Waals surface area contributed by atoms with E-state index in [0.29, 0.717) is 17.7 Å². The van der Waals surface area contributed by atoms with Gasteiger partial charge in [-0.25, -0.2) is 0 Å². The van der Waals surface area contributed by atoms with Crippen LogP contribution in [0.1, 0.15) is 37.5 Å². The number of aliphatic hydroxyl groups is 1. The summed E-state index contributed by atoms with van der Waals surface area (Å²) in [6.07, 6.45) is -0.521. The topological polar surface area (TPSA) is 58.6 Å². The zero-order valence-electron chi connectivity index (χ0n) is 13.7. The maximum atomic E-state index is 12.5. The van der Waals surface area contributed by atoms with Crippen molar-refractivity contribution < 1.29 is 14.6 Å². The third-order valence-corrected chi connectivity index (χ3v) is 4.18. The molecule has 0 aromatic heterocycles. The minimum atomic E-state index is -1.24. The predicted octanol–water partition coefficient (Wildman–Crippen LogP) is 3.17. The number of rotatable bonds is 6. The molecule has 2 unspecified atom stereocenters. The highest BCUT2D eigenvalue weighted by Gasteiger charge is 2.29. The van der Waals surface area contributed by atoms with Crippen molar-refractivity contribution >= 4 is 5.91 Å². The quantitative estimate of drug-likeness (QED) is 0.861. The standard InChI is InChI=1S/C19H23NO3/c1-4-19(2,15-10-6-5-7-11-15)20-18(22)17(21)14-9-8-12-16(13-14)23-3/h5-13,17,21H,4H2,1-3H3,(H,20,22). The zero-order valence-corrected chi connectivity index (χ0v) is 13.7. The highest BCUT2D eigenvalue weighted by Crippen LogP contribution is 2.26. The smallest absolute Gasteiger partial charge is 0.254 e. The Labute approximate surface area is 137 Å². The van der Waals surface area contributed by atoms with E-state index in [2.05, 4.69) is 5.32 Å². The second kappa shape index (κ2) is 7.29. The van der Waals surface area contributed by atoms with Gasteiger partial charge in [-0.2, -0.15) is 0 Å². The number of aliphatic hydroxyl groups excluding tert-OH is 1. The summed E-state index contributed by atoms with van der Waals surface area (Å²) in [7, 11) is 1.55. The lowest BCUT2D eigenvalue weighted by atomic mass is 9.89. The molecule has 2 atom stereocenters. The molecule has 0 saturated carbocycles. The number of hydrogen-bond acceptors (Lipinski definition) is 3. The van der Waals surface area contributed by atoms with Crippen LogP contribution in [0.5, 0.6) is 5.75 Å². The third-order valence-electron chi connectivity index (χ3n) is 4.18. The average molecular weight is 313 g/mol. The van der Waals surface area contributed by atoms with Gasteiger partial charge in [0.1, 0.15) is 5.75 Å². The number of carbonyl (C=O) groups excluding carboxylic acids is 1. The zero-order chi connectivity index (χ0) is 16.9. The second-order valence-corrected chi connectivity index (χ2v) is 5.72. The van der Waals surface area contributed by atoms with Crippen LogP contribution in [0, 0.1) is 0 Å². The Balaban J connectivity index is 2.19. The Bertz CT molecular complexity index is 657. The fourth-order valence-corrected chi connectivity index (χ4v) is 2.47. The Morgan fingerprint density at radius 1 is 1.22 bits per heavy atom. The molecule has 0 bridgehead atoms. The van der Waals surface area contributed by atoms with E-state index in [0.717, 1.165) is 5.56 Å². The molecule has 0 spiro atoms. The summed E-state index contributed by atoms with van der Waals surface area (Å²) >= 11 is 0. The molecule has 1 amide bonds. The molecule has 0 radical (unpaired) electrons. The minimum absolute atomic E-state index is 0.425. The van der Waals surface area contributed by atoms with E-state index in [1.165, 1.54) is 0 Å². The van der Waals surface area contributed by atoms with Gasteiger partial charge in [-0.15, -0.1) is 0 Å². The molecule has 122 valence electrons. The second-order valence-electron chi connectivity index (χ2n) is 5.72. The maximum Gasteiger partial charge on any atom is 0.254 e. The van der Waals surface area contributed by atoms with Gasteiger partial charge in [0.05, 0.1) is 12.6 Å². The monoisotopic (exact) mass is 313 g/mol. The van der Waals surface area contributed by atoms with E-state index in [9.17, 15) is 9.90 Å². The summed E-state index contributed by atoms with van der Waals surface area (Å²) in [5, 5.41) is 13.3. The minimum Gasteiger partial charge on any atom is -0.497 e. The van der Waals surface area contributed by atoms with Crippen molar-refractivity contribution in [3.63, 3.8) is 0 Å². The van der Waals surface area contributed by atoms with Crippen LogP contribution in [-0.2, 0) is 10.3 Å². The lowest BCUT2D eigenvalue weighted by Crippen LogP contribution is -2.45. The number of nitrogens with one attached hydrogen (secondary N) is 1. The van der Waals surface area contributed by atoms with Crippen molar-refractivity contribution in [2.24, 2.45) is 0 Å². The highest BCUT2D eigenvalue weighted by molar-refractivity contribution is 5.82. The molecular weight excluding hydrogens is 290 g/mol. The molecule has 2 rings (SSSR count). The van der Waals surface area contributed by atoms with E-state index in [-0.39, 0.29) is 0 Å². The van der Waals surface area contributed by atoms with E-state index in [1.54, 1.807) is 31.4 Å². The summed E-state index contributed by atoms with van der Waals surface area (Å²) in [4.78, 5) is 12.5. The lowest BCUT2D eigenvalue weighted by Gasteiger charge is -2.31.